The van der Waals surface area contributed by atoms with Gasteiger partial charge in [-0.05, 0) is 62.2 Å². The van der Waals surface area contributed by atoms with Crippen molar-refractivity contribution >= 4 is 23.5 Å². The van der Waals surface area contributed by atoms with Gasteiger partial charge in [0.15, 0.2) is 0 Å². The second-order valence-corrected chi connectivity index (χ2v) is 8.14. The molecule has 0 aliphatic rings. The van der Waals surface area contributed by atoms with Gasteiger partial charge in [-0.1, -0.05) is 42.5 Å². The SMILES string of the molecule is CC(C)(C)NC(=O)c1cccc(NC(=O)c2ccccc2-c2ccccc2C(=O)O)c1. The third-order valence-electron chi connectivity index (χ3n) is 4.49. The van der Waals surface area contributed by atoms with Crippen molar-refractivity contribution in [2.45, 2.75) is 26.3 Å². The zero-order chi connectivity index (χ0) is 22.6. The van der Waals surface area contributed by atoms with Gasteiger partial charge < -0.3 is 15.7 Å². The first-order valence-electron chi connectivity index (χ1n) is 9.81. The summed E-state index contributed by atoms with van der Waals surface area (Å²) in [6, 6.07) is 20.0. The molecule has 0 radical (unpaired) electrons. The van der Waals surface area contributed by atoms with Gasteiger partial charge in [0.25, 0.3) is 11.8 Å². The fourth-order valence-corrected chi connectivity index (χ4v) is 3.17. The Bertz CT molecular complexity index is 1150. The minimum Gasteiger partial charge on any atom is -0.478 e. The van der Waals surface area contributed by atoms with Gasteiger partial charge in [-0.3, -0.25) is 9.59 Å². The van der Waals surface area contributed by atoms with Gasteiger partial charge in [-0.15, -0.1) is 0 Å². The number of hydrogen-bond donors (Lipinski definition) is 3. The van der Waals surface area contributed by atoms with E-state index in [9.17, 15) is 19.5 Å². The second-order valence-electron chi connectivity index (χ2n) is 8.14. The Balaban J connectivity index is 1.91. The Hall–Kier alpha value is -3.93. The molecule has 3 aromatic rings. The fraction of sp³-hybridized carbons (Fsp3) is 0.160. The van der Waals surface area contributed by atoms with Gasteiger partial charge in [0.2, 0.25) is 0 Å². The highest BCUT2D eigenvalue weighted by atomic mass is 16.4. The molecule has 0 aliphatic heterocycles. The van der Waals surface area contributed by atoms with Crippen LogP contribution in [0.2, 0.25) is 0 Å². The van der Waals surface area contributed by atoms with E-state index in [0.29, 0.717) is 27.9 Å². The average Bonchev–Trinajstić information content (AvgIpc) is 2.72. The first-order valence-corrected chi connectivity index (χ1v) is 9.81. The number of benzene rings is 3. The smallest absolute Gasteiger partial charge is 0.336 e. The number of carboxylic acid groups (broad SMARTS) is 1. The van der Waals surface area contributed by atoms with E-state index >= 15 is 0 Å². The third-order valence-corrected chi connectivity index (χ3v) is 4.49. The van der Waals surface area contributed by atoms with Crippen LogP contribution >= 0.6 is 0 Å². The lowest BCUT2D eigenvalue weighted by Crippen LogP contribution is -2.40. The molecular formula is C25H24N2O4. The monoisotopic (exact) mass is 416 g/mol. The molecule has 2 amide bonds. The molecule has 0 fully saturated rings. The number of nitrogens with one attached hydrogen (secondary N) is 2. The van der Waals surface area contributed by atoms with Crippen LogP contribution in [0.1, 0.15) is 51.8 Å². The Morgan fingerprint density at radius 3 is 1.94 bits per heavy atom. The van der Waals surface area contributed by atoms with Gasteiger partial charge in [0.05, 0.1) is 5.56 Å². The number of carboxylic acids is 1. The summed E-state index contributed by atoms with van der Waals surface area (Å²) in [6.45, 7) is 5.67. The Morgan fingerprint density at radius 2 is 1.32 bits per heavy atom. The normalized spacial score (nSPS) is 10.9. The molecule has 0 saturated carbocycles. The molecule has 6 heteroatoms. The van der Waals surface area contributed by atoms with Crippen LogP contribution in [-0.2, 0) is 0 Å². The van der Waals surface area contributed by atoms with E-state index in [2.05, 4.69) is 10.6 Å². The largest absolute Gasteiger partial charge is 0.478 e. The first-order chi connectivity index (χ1) is 14.7. The van der Waals surface area contributed by atoms with Crippen LogP contribution in [0, 0.1) is 0 Å². The lowest BCUT2D eigenvalue weighted by molar-refractivity contribution is 0.0697. The molecule has 0 aliphatic carbocycles. The predicted molar refractivity (Wildman–Crippen MR) is 120 cm³/mol. The molecule has 0 spiro atoms. The maximum Gasteiger partial charge on any atom is 0.336 e. The Morgan fingerprint density at radius 1 is 0.742 bits per heavy atom. The molecule has 31 heavy (non-hydrogen) atoms. The zero-order valence-corrected chi connectivity index (χ0v) is 17.6. The molecule has 158 valence electrons. The first kappa shape index (κ1) is 21.8. The molecule has 6 nitrogen and oxygen atoms in total. The van der Waals surface area contributed by atoms with Crippen LogP contribution in [-0.4, -0.2) is 28.4 Å². The van der Waals surface area contributed by atoms with E-state index in [1.807, 2.05) is 20.8 Å². The second kappa shape index (κ2) is 8.83. The summed E-state index contributed by atoms with van der Waals surface area (Å²) in [7, 11) is 0. The number of carbonyl (C=O) groups excluding carboxylic acids is 2. The summed E-state index contributed by atoms with van der Waals surface area (Å²) in [5, 5.41) is 15.2. The van der Waals surface area contributed by atoms with Crippen LogP contribution in [0.25, 0.3) is 11.1 Å². The summed E-state index contributed by atoms with van der Waals surface area (Å²) >= 11 is 0. The van der Waals surface area contributed by atoms with Gasteiger partial charge in [0, 0.05) is 22.4 Å². The van der Waals surface area contributed by atoms with Crippen molar-refractivity contribution in [1.29, 1.82) is 0 Å². The van der Waals surface area contributed by atoms with Crippen LogP contribution < -0.4 is 10.6 Å². The minimum atomic E-state index is -1.07. The molecule has 0 aromatic heterocycles. The van der Waals surface area contributed by atoms with E-state index in [1.165, 1.54) is 6.07 Å². The number of anilines is 1. The van der Waals surface area contributed by atoms with Crippen molar-refractivity contribution in [3.05, 3.63) is 89.5 Å². The lowest BCUT2D eigenvalue weighted by atomic mass is 9.95. The van der Waals surface area contributed by atoms with Gasteiger partial charge in [-0.2, -0.15) is 0 Å². The Kier molecular flexibility index (Phi) is 6.20. The van der Waals surface area contributed by atoms with Gasteiger partial charge in [-0.25, -0.2) is 4.79 Å². The molecule has 0 atom stereocenters. The van der Waals surface area contributed by atoms with Crippen LogP contribution in [0.15, 0.2) is 72.8 Å². The summed E-state index contributed by atoms with van der Waals surface area (Å²) < 4.78 is 0. The Labute approximate surface area is 180 Å². The van der Waals surface area contributed by atoms with Crippen molar-refractivity contribution in [2.75, 3.05) is 5.32 Å². The van der Waals surface area contributed by atoms with Gasteiger partial charge >= 0.3 is 5.97 Å². The van der Waals surface area contributed by atoms with Crippen LogP contribution in [0.5, 0.6) is 0 Å². The number of aromatic carboxylic acids is 1. The maximum absolute atomic E-state index is 13.0. The van der Waals surface area contributed by atoms with Crippen molar-refractivity contribution < 1.29 is 19.5 Å². The van der Waals surface area contributed by atoms with Crippen molar-refractivity contribution in [3.63, 3.8) is 0 Å². The van der Waals surface area contributed by atoms with Gasteiger partial charge in [0.1, 0.15) is 0 Å². The third kappa shape index (κ3) is 5.36. The minimum absolute atomic E-state index is 0.114. The molecule has 3 rings (SSSR count). The maximum atomic E-state index is 13.0. The van der Waals surface area contributed by atoms with E-state index < -0.39 is 11.9 Å². The number of carbonyl (C=O) groups is 3. The molecule has 0 heterocycles. The molecular weight excluding hydrogens is 392 g/mol. The van der Waals surface area contributed by atoms with Crippen LogP contribution in [0.3, 0.4) is 0 Å². The number of amides is 2. The van der Waals surface area contributed by atoms with Crippen molar-refractivity contribution in [3.8, 4) is 11.1 Å². The lowest BCUT2D eigenvalue weighted by Gasteiger charge is -2.20. The molecule has 0 unspecified atom stereocenters. The zero-order valence-electron chi connectivity index (χ0n) is 17.6. The summed E-state index contributed by atoms with van der Waals surface area (Å²) in [4.78, 5) is 37.1. The highest BCUT2D eigenvalue weighted by Crippen LogP contribution is 2.28. The quantitative estimate of drug-likeness (QED) is 0.555. The van der Waals surface area contributed by atoms with E-state index in [1.54, 1.807) is 66.7 Å². The molecule has 3 aromatic carbocycles. The summed E-state index contributed by atoms with van der Waals surface area (Å²) in [5.41, 5.74) is 1.93. The van der Waals surface area contributed by atoms with Crippen molar-refractivity contribution in [1.82, 2.24) is 5.32 Å². The van der Waals surface area contributed by atoms with E-state index in [-0.39, 0.29) is 17.0 Å². The number of rotatable bonds is 5. The van der Waals surface area contributed by atoms with Crippen molar-refractivity contribution in [2.24, 2.45) is 0 Å². The summed E-state index contributed by atoms with van der Waals surface area (Å²) in [6.07, 6.45) is 0. The van der Waals surface area contributed by atoms with E-state index in [0.717, 1.165) is 0 Å². The highest BCUT2D eigenvalue weighted by Gasteiger charge is 2.19. The highest BCUT2D eigenvalue weighted by molar-refractivity contribution is 6.10. The summed E-state index contributed by atoms with van der Waals surface area (Å²) in [5.74, 6) is -1.70. The molecule has 0 saturated heterocycles. The van der Waals surface area contributed by atoms with Crippen LogP contribution in [0.4, 0.5) is 5.69 Å². The predicted octanol–water partition coefficient (Wildman–Crippen LogP) is 4.83. The molecule has 0 bridgehead atoms. The topological polar surface area (TPSA) is 95.5 Å². The number of hydrogen-bond acceptors (Lipinski definition) is 3. The molecule has 3 N–H and O–H groups in total. The standard InChI is InChI=1S/C25H24N2O4/c1-25(2,3)27-22(28)16-9-8-10-17(15-16)26-23(29)20-13-6-4-11-18(20)19-12-5-7-14-21(19)24(30)31/h4-15H,1-3H3,(H,26,29)(H,27,28)(H,30,31). The van der Waals surface area contributed by atoms with E-state index in [4.69, 9.17) is 0 Å². The average molecular weight is 416 g/mol. The fourth-order valence-electron chi connectivity index (χ4n) is 3.17.